The Balaban J connectivity index is 2.35. The van der Waals surface area contributed by atoms with Crippen molar-refractivity contribution in [3.63, 3.8) is 0 Å². The van der Waals surface area contributed by atoms with E-state index in [4.69, 9.17) is 13.6 Å². The summed E-state index contributed by atoms with van der Waals surface area (Å²) >= 11 is 0. The summed E-state index contributed by atoms with van der Waals surface area (Å²) in [4.78, 5) is 26.9. The zero-order valence-electron chi connectivity index (χ0n) is 20.7. The van der Waals surface area contributed by atoms with Crippen LogP contribution < -0.4 is 11.2 Å². The molecule has 32 heavy (non-hydrogen) atoms. The van der Waals surface area contributed by atoms with E-state index >= 15 is 0 Å². The van der Waals surface area contributed by atoms with Gasteiger partial charge in [0.1, 0.15) is 12.3 Å². The molecule has 0 unspecified atom stereocenters. The Hall–Kier alpha value is -1.27. The Morgan fingerprint density at radius 2 is 1.62 bits per heavy atom. The number of aromatic nitrogens is 2. The minimum absolute atomic E-state index is 0.130. The van der Waals surface area contributed by atoms with Gasteiger partial charge in [0.25, 0.3) is 5.56 Å². The number of rotatable bonds is 13. The summed E-state index contributed by atoms with van der Waals surface area (Å²) in [6.45, 7) is 17.4. The average Bonchev–Trinajstić information content (AvgIpc) is 3.21. The second-order valence-electron chi connectivity index (χ2n) is 8.77. The van der Waals surface area contributed by atoms with Gasteiger partial charge < -0.3 is 13.6 Å². The molecule has 0 bridgehead atoms. The molecule has 0 spiro atoms. The molecule has 2 heterocycles. The van der Waals surface area contributed by atoms with Crippen molar-refractivity contribution in [3.05, 3.63) is 39.2 Å². The predicted octanol–water partition coefficient (Wildman–Crippen LogP) is 4.88. The summed E-state index contributed by atoms with van der Waals surface area (Å²) < 4.78 is 21.3. The van der Waals surface area contributed by atoms with Crippen LogP contribution in [0.25, 0.3) is 6.08 Å². The molecule has 0 radical (unpaired) electrons. The third-order valence-corrected chi connectivity index (χ3v) is 16.8. The maximum atomic E-state index is 12.6. The molecule has 1 N–H and O–H groups in total. The lowest BCUT2D eigenvalue weighted by molar-refractivity contribution is -0.0407. The monoisotopic (exact) mass is 482 g/mol. The maximum absolute atomic E-state index is 12.6. The molecule has 0 aliphatic carbocycles. The van der Waals surface area contributed by atoms with Crippen LogP contribution in [0.2, 0.25) is 36.3 Å². The molecule has 0 saturated carbocycles. The third kappa shape index (κ3) is 5.80. The second-order valence-corrected chi connectivity index (χ2v) is 18.3. The summed E-state index contributed by atoms with van der Waals surface area (Å²) in [7, 11) is -3.67. The fraction of sp³-hybridized carbons (Fsp3) is 0.739. The molecule has 1 aliphatic rings. The van der Waals surface area contributed by atoms with E-state index < -0.39 is 34.1 Å². The molecular formula is C23H42N2O5Si2. The zero-order chi connectivity index (χ0) is 23.9. The van der Waals surface area contributed by atoms with E-state index in [0.717, 1.165) is 36.3 Å². The largest absolute Gasteiger partial charge is 0.414 e. The fourth-order valence-corrected chi connectivity index (χ4v) is 10.2. The van der Waals surface area contributed by atoms with Crippen molar-refractivity contribution < 1.29 is 13.6 Å². The Morgan fingerprint density at radius 1 is 1.06 bits per heavy atom. The van der Waals surface area contributed by atoms with E-state index in [9.17, 15) is 9.59 Å². The van der Waals surface area contributed by atoms with Crippen LogP contribution in [0.5, 0.6) is 0 Å². The summed E-state index contributed by atoms with van der Waals surface area (Å²) in [6.07, 6.45) is 2.67. The SMILES string of the molecule is C=Cc1cn([C@H]2C[C@H](O[Si](CC)(CC)CC)[C@@H](CO[Si](CC)(CC)CC)O2)c(=O)[nH]c1=O. The van der Waals surface area contributed by atoms with Gasteiger partial charge in [0.2, 0.25) is 0 Å². The van der Waals surface area contributed by atoms with Gasteiger partial charge in [-0.15, -0.1) is 0 Å². The summed E-state index contributed by atoms with van der Waals surface area (Å²) in [5.41, 5.74) is -0.569. The van der Waals surface area contributed by atoms with Gasteiger partial charge in [0.05, 0.1) is 18.3 Å². The van der Waals surface area contributed by atoms with Gasteiger partial charge in [-0.1, -0.05) is 54.2 Å². The predicted molar refractivity (Wildman–Crippen MR) is 135 cm³/mol. The van der Waals surface area contributed by atoms with Crippen molar-refractivity contribution >= 4 is 22.7 Å². The fourth-order valence-electron chi connectivity index (χ4n) is 4.64. The summed E-state index contributed by atoms with van der Waals surface area (Å²) in [5.74, 6) is 0. The highest BCUT2D eigenvalue weighted by Gasteiger charge is 2.43. The number of ether oxygens (including phenoxy) is 1. The normalized spacial score (nSPS) is 21.8. The number of nitrogens with zero attached hydrogens (tertiary/aromatic N) is 1. The van der Waals surface area contributed by atoms with Gasteiger partial charge in [-0.05, 0) is 36.3 Å². The van der Waals surface area contributed by atoms with Crippen molar-refractivity contribution in [1.29, 1.82) is 0 Å². The molecule has 0 amide bonds. The molecule has 7 nitrogen and oxygen atoms in total. The highest BCUT2D eigenvalue weighted by molar-refractivity contribution is 6.74. The Labute approximate surface area is 194 Å². The van der Waals surface area contributed by atoms with Crippen molar-refractivity contribution in [2.24, 2.45) is 0 Å². The van der Waals surface area contributed by atoms with Gasteiger partial charge >= 0.3 is 5.69 Å². The van der Waals surface area contributed by atoms with Crippen LogP contribution in [0.3, 0.4) is 0 Å². The quantitative estimate of drug-likeness (QED) is 0.405. The first-order valence-corrected chi connectivity index (χ1v) is 17.3. The zero-order valence-corrected chi connectivity index (χ0v) is 22.7. The van der Waals surface area contributed by atoms with Crippen molar-refractivity contribution in [2.75, 3.05) is 6.61 Å². The van der Waals surface area contributed by atoms with E-state index in [-0.39, 0.29) is 12.2 Å². The highest BCUT2D eigenvalue weighted by atomic mass is 28.4. The van der Waals surface area contributed by atoms with Crippen LogP contribution in [-0.4, -0.2) is 45.0 Å². The van der Waals surface area contributed by atoms with E-state index in [1.807, 2.05) is 0 Å². The average molecular weight is 483 g/mol. The van der Waals surface area contributed by atoms with E-state index in [2.05, 4.69) is 53.1 Å². The lowest BCUT2D eigenvalue weighted by atomic mass is 10.2. The van der Waals surface area contributed by atoms with Crippen molar-refractivity contribution in [1.82, 2.24) is 9.55 Å². The molecular weight excluding hydrogens is 440 g/mol. The molecule has 2 rings (SSSR count). The van der Waals surface area contributed by atoms with Gasteiger partial charge in [-0.25, -0.2) is 4.79 Å². The molecule has 182 valence electrons. The van der Waals surface area contributed by atoms with Gasteiger partial charge in [-0.3, -0.25) is 14.3 Å². The van der Waals surface area contributed by atoms with Crippen LogP contribution >= 0.6 is 0 Å². The minimum Gasteiger partial charge on any atom is -0.414 e. The first-order chi connectivity index (χ1) is 15.3. The smallest absolute Gasteiger partial charge is 0.330 e. The first kappa shape index (κ1) is 27.0. The molecule has 1 aliphatic heterocycles. The first-order valence-electron chi connectivity index (χ1n) is 12.2. The summed E-state index contributed by atoms with van der Waals surface area (Å²) in [6, 6.07) is 6.35. The number of hydrogen-bond donors (Lipinski definition) is 1. The Bertz CT molecular complexity index is 844. The highest BCUT2D eigenvalue weighted by Crippen LogP contribution is 2.36. The Kier molecular flexibility index (Phi) is 9.90. The van der Waals surface area contributed by atoms with E-state index in [1.54, 1.807) is 0 Å². The molecule has 9 heteroatoms. The van der Waals surface area contributed by atoms with Crippen LogP contribution in [-0.2, 0) is 13.6 Å². The van der Waals surface area contributed by atoms with E-state index in [1.165, 1.54) is 16.8 Å². The van der Waals surface area contributed by atoms with Gasteiger partial charge in [-0.2, -0.15) is 0 Å². The van der Waals surface area contributed by atoms with Crippen molar-refractivity contribution in [2.45, 2.75) is 103 Å². The van der Waals surface area contributed by atoms with Crippen LogP contribution in [0, 0.1) is 0 Å². The second kappa shape index (κ2) is 11.7. The Morgan fingerprint density at radius 3 is 2.12 bits per heavy atom. The molecule has 1 fully saturated rings. The lowest BCUT2D eigenvalue weighted by Crippen LogP contribution is -2.45. The molecule has 3 atom stereocenters. The summed E-state index contributed by atoms with van der Waals surface area (Å²) in [5, 5.41) is 0. The van der Waals surface area contributed by atoms with Crippen LogP contribution in [0.4, 0.5) is 0 Å². The number of aromatic amines is 1. The maximum Gasteiger partial charge on any atom is 0.330 e. The van der Waals surface area contributed by atoms with Crippen molar-refractivity contribution in [3.8, 4) is 0 Å². The number of hydrogen-bond acceptors (Lipinski definition) is 5. The standard InChI is InChI=1S/C23H42N2O5Si2/c1-8-18-16-25(23(27)24-22(18)26)21-15-19(30-32(12-5,13-6)14-7)20(29-21)17-28-31(9-2,10-3)11-4/h8,16,19-21H,1,9-15,17H2,2-7H3,(H,24,26,27)/t19-,20+,21+/m0/s1. The molecule has 1 aromatic rings. The topological polar surface area (TPSA) is 82.6 Å². The third-order valence-electron chi connectivity index (χ3n) is 7.53. The molecule has 0 aromatic carbocycles. The number of H-pyrrole nitrogens is 1. The van der Waals surface area contributed by atoms with Gasteiger partial charge in [0.15, 0.2) is 16.6 Å². The minimum atomic E-state index is -1.88. The molecule has 1 aromatic heterocycles. The van der Waals surface area contributed by atoms with E-state index in [0.29, 0.717) is 18.6 Å². The van der Waals surface area contributed by atoms with Crippen LogP contribution in [0.15, 0.2) is 22.4 Å². The lowest BCUT2D eigenvalue weighted by Gasteiger charge is -2.35. The van der Waals surface area contributed by atoms with Gasteiger partial charge in [0, 0.05) is 12.6 Å². The van der Waals surface area contributed by atoms with Crippen LogP contribution in [0.1, 0.15) is 59.8 Å². The number of nitrogens with one attached hydrogen (secondary N) is 1. The molecule has 1 saturated heterocycles.